The number of nitrogens with zero attached hydrogens (tertiary/aromatic N) is 2. The Bertz CT molecular complexity index is 1290. The van der Waals surface area contributed by atoms with Gasteiger partial charge in [0.05, 0.1) is 22.8 Å². The molecule has 1 amide bonds. The average molecular weight is 535 g/mol. The third-order valence-corrected chi connectivity index (χ3v) is 6.01. The van der Waals surface area contributed by atoms with E-state index < -0.39 is 35.2 Å². The number of fused-ring (bicyclic) bond motifs is 1. The third-order valence-electron chi connectivity index (χ3n) is 5.68. The molecular formula is C26H22ClF3N2O5. The van der Waals surface area contributed by atoms with E-state index in [2.05, 4.69) is 0 Å². The van der Waals surface area contributed by atoms with Crippen LogP contribution in [0.1, 0.15) is 15.9 Å². The normalized spacial score (nSPS) is 12.9. The molecule has 0 radical (unpaired) electrons. The van der Waals surface area contributed by atoms with E-state index in [1.807, 2.05) is 4.90 Å². The van der Waals surface area contributed by atoms with E-state index in [0.29, 0.717) is 23.5 Å². The summed E-state index contributed by atoms with van der Waals surface area (Å²) in [5.41, 5.74) is -0.0434. The van der Waals surface area contributed by atoms with Gasteiger partial charge < -0.3 is 24.4 Å². The van der Waals surface area contributed by atoms with Crippen molar-refractivity contribution in [1.82, 2.24) is 0 Å². The topological polar surface area (TPSA) is 79.3 Å². The number of carbonyl (C=O) groups is 2. The molecule has 7 nitrogen and oxygen atoms in total. The summed E-state index contributed by atoms with van der Waals surface area (Å²) in [6, 6.07) is 16.7. The van der Waals surface area contributed by atoms with E-state index in [4.69, 9.17) is 26.2 Å². The van der Waals surface area contributed by atoms with Gasteiger partial charge in [-0.3, -0.25) is 4.79 Å². The van der Waals surface area contributed by atoms with E-state index >= 15 is 0 Å². The molecule has 0 atom stereocenters. The molecule has 194 valence electrons. The zero-order chi connectivity index (χ0) is 26.6. The first kappa shape index (κ1) is 26.2. The Hall–Kier alpha value is -3.92. The van der Waals surface area contributed by atoms with Gasteiger partial charge in [-0.25, -0.2) is 4.79 Å². The number of amides is 1. The van der Waals surface area contributed by atoms with Crippen molar-refractivity contribution in [3.63, 3.8) is 0 Å². The van der Waals surface area contributed by atoms with Gasteiger partial charge in [0.2, 0.25) is 0 Å². The van der Waals surface area contributed by atoms with Crippen molar-refractivity contribution in [2.75, 3.05) is 42.6 Å². The van der Waals surface area contributed by atoms with Crippen molar-refractivity contribution in [3.8, 4) is 11.5 Å². The number of hydrogen-bond acceptors (Lipinski definition) is 5. The number of benzene rings is 3. The summed E-state index contributed by atoms with van der Waals surface area (Å²) in [4.78, 5) is 27.5. The van der Waals surface area contributed by atoms with E-state index in [1.165, 1.54) is 11.0 Å². The van der Waals surface area contributed by atoms with Crippen LogP contribution in [0, 0.1) is 0 Å². The quantitative estimate of drug-likeness (QED) is 0.419. The summed E-state index contributed by atoms with van der Waals surface area (Å²) < 4.78 is 51.7. The fourth-order valence-corrected chi connectivity index (χ4v) is 4.19. The zero-order valence-electron chi connectivity index (χ0n) is 19.4. The molecular weight excluding hydrogens is 513 g/mol. The average Bonchev–Trinajstić information content (AvgIpc) is 2.88. The lowest BCUT2D eigenvalue weighted by Gasteiger charge is -2.34. The molecule has 37 heavy (non-hydrogen) atoms. The first-order chi connectivity index (χ1) is 17.6. The van der Waals surface area contributed by atoms with Crippen LogP contribution in [0.4, 0.5) is 24.5 Å². The Labute approximate surface area is 215 Å². The minimum Gasteiger partial charge on any atom is -0.486 e. The largest absolute Gasteiger partial charge is 0.486 e. The minimum atomic E-state index is -4.69. The van der Waals surface area contributed by atoms with Crippen molar-refractivity contribution < 1.29 is 37.3 Å². The van der Waals surface area contributed by atoms with E-state index in [9.17, 15) is 22.8 Å². The lowest BCUT2D eigenvalue weighted by Crippen LogP contribution is -2.42. The summed E-state index contributed by atoms with van der Waals surface area (Å²) in [5, 5.41) is 8.47. The first-order valence-corrected chi connectivity index (χ1v) is 11.6. The number of para-hydroxylation sites is 1. The molecule has 0 aromatic heterocycles. The van der Waals surface area contributed by atoms with Crippen molar-refractivity contribution in [2.24, 2.45) is 0 Å². The summed E-state index contributed by atoms with van der Waals surface area (Å²) >= 11 is 5.80. The molecule has 0 unspecified atom stereocenters. The molecule has 1 N–H and O–H groups in total. The number of alkyl halides is 3. The fraction of sp³-hybridized carbons (Fsp3) is 0.231. The number of carbonyl (C=O) groups excluding carboxylic acids is 1. The number of anilines is 2. The SMILES string of the molecule is O=C(O)COc1cccc2c1OCCN2CCN(C(=O)c1ccccc1)c1ccc(Cl)c(C(F)(F)F)c1. The Kier molecular flexibility index (Phi) is 7.77. The highest BCUT2D eigenvalue weighted by atomic mass is 35.5. The smallest absolute Gasteiger partial charge is 0.417 e. The van der Waals surface area contributed by atoms with Crippen molar-refractivity contribution in [2.45, 2.75) is 6.18 Å². The standard InChI is InChI=1S/C26H22ClF3N2O5/c27-20-10-9-18(15-19(20)26(28,29)30)32(25(35)17-5-2-1-3-6-17)12-11-31-13-14-36-24-21(31)7-4-8-22(24)37-16-23(33)34/h1-10,15H,11-14,16H2,(H,33,34). The van der Waals surface area contributed by atoms with Gasteiger partial charge in [0, 0.05) is 24.3 Å². The van der Waals surface area contributed by atoms with Crippen LogP contribution in [0.5, 0.6) is 11.5 Å². The molecule has 0 bridgehead atoms. The Morgan fingerprint density at radius 1 is 1.08 bits per heavy atom. The van der Waals surface area contributed by atoms with Crippen molar-refractivity contribution in [3.05, 3.63) is 82.9 Å². The van der Waals surface area contributed by atoms with Gasteiger partial charge in [0.1, 0.15) is 6.61 Å². The molecule has 11 heteroatoms. The number of aliphatic carboxylic acids is 1. The van der Waals surface area contributed by atoms with Crippen molar-refractivity contribution >= 4 is 34.9 Å². The van der Waals surface area contributed by atoms with Crippen LogP contribution in [-0.2, 0) is 11.0 Å². The molecule has 0 spiro atoms. The molecule has 0 aliphatic carbocycles. The summed E-state index contributed by atoms with van der Waals surface area (Å²) in [6.45, 7) is 0.467. The minimum absolute atomic E-state index is 0.0479. The van der Waals surface area contributed by atoms with Gasteiger partial charge in [0.15, 0.2) is 18.1 Å². The number of ether oxygens (including phenoxy) is 2. The van der Waals surface area contributed by atoms with Crippen LogP contribution in [0.2, 0.25) is 5.02 Å². The highest BCUT2D eigenvalue weighted by molar-refractivity contribution is 6.31. The first-order valence-electron chi connectivity index (χ1n) is 11.2. The molecule has 0 saturated carbocycles. The van der Waals surface area contributed by atoms with Gasteiger partial charge in [0.25, 0.3) is 5.91 Å². The van der Waals surface area contributed by atoms with E-state index in [-0.39, 0.29) is 31.1 Å². The molecule has 0 saturated heterocycles. The predicted octanol–water partition coefficient (Wildman–Crippen LogP) is 5.37. The molecule has 0 fully saturated rings. The number of carboxylic acid groups (broad SMARTS) is 1. The Morgan fingerprint density at radius 2 is 1.84 bits per heavy atom. The highest BCUT2D eigenvalue weighted by Crippen LogP contribution is 2.40. The number of carboxylic acids is 1. The molecule has 4 rings (SSSR count). The maximum Gasteiger partial charge on any atom is 0.417 e. The summed E-state index contributed by atoms with van der Waals surface area (Å²) in [7, 11) is 0. The summed E-state index contributed by atoms with van der Waals surface area (Å²) in [6.07, 6.45) is -4.69. The molecule has 3 aromatic rings. The second-order valence-corrected chi connectivity index (χ2v) is 8.51. The van der Waals surface area contributed by atoms with Crippen LogP contribution < -0.4 is 19.3 Å². The van der Waals surface area contributed by atoms with Gasteiger partial charge in [-0.05, 0) is 42.5 Å². The lowest BCUT2D eigenvalue weighted by atomic mass is 10.1. The fourth-order valence-electron chi connectivity index (χ4n) is 3.97. The van der Waals surface area contributed by atoms with Gasteiger partial charge in [-0.1, -0.05) is 35.9 Å². The second-order valence-electron chi connectivity index (χ2n) is 8.11. The third kappa shape index (κ3) is 6.08. The van der Waals surface area contributed by atoms with Crippen LogP contribution in [0.3, 0.4) is 0 Å². The molecule has 3 aromatic carbocycles. The summed E-state index contributed by atoms with van der Waals surface area (Å²) in [5.74, 6) is -0.985. The van der Waals surface area contributed by atoms with Crippen LogP contribution in [-0.4, -0.2) is 49.8 Å². The van der Waals surface area contributed by atoms with Crippen LogP contribution in [0.25, 0.3) is 0 Å². The van der Waals surface area contributed by atoms with Crippen molar-refractivity contribution in [1.29, 1.82) is 0 Å². The van der Waals surface area contributed by atoms with E-state index in [1.54, 1.807) is 48.5 Å². The highest BCUT2D eigenvalue weighted by Gasteiger charge is 2.34. The molecule has 1 aliphatic heterocycles. The van der Waals surface area contributed by atoms with Crippen LogP contribution >= 0.6 is 11.6 Å². The lowest BCUT2D eigenvalue weighted by molar-refractivity contribution is -0.139. The monoisotopic (exact) mass is 534 g/mol. The van der Waals surface area contributed by atoms with Crippen LogP contribution in [0.15, 0.2) is 66.7 Å². The second kappa shape index (κ2) is 11.0. The Morgan fingerprint density at radius 3 is 2.54 bits per heavy atom. The zero-order valence-corrected chi connectivity index (χ0v) is 20.1. The van der Waals surface area contributed by atoms with Gasteiger partial charge >= 0.3 is 12.1 Å². The maximum atomic E-state index is 13.6. The number of halogens is 4. The van der Waals surface area contributed by atoms with Gasteiger partial charge in [-0.2, -0.15) is 13.2 Å². The maximum absolute atomic E-state index is 13.6. The van der Waals surface area contributed by atoms with Gasteiger partial charge in [-0.15, -0.1) is 0 Å². The molecule has 1 aliphatic rings. The van der Waals surface area contributed by atoms with E-state index in [0.717, 1.165) is 12.1 Å². The number of rotatable bonds is 8. The Balaban J connectivity index is 1.64. The number of hydrogen-bond donors (Lipinski definition) is 1. The molecule has 1 heterocycles. The predicted molar refractivity (Wildman–Crippen MR) is 132 cm³/mol.